The number of pyridine rings is 1. The van der Waals surface area contributed by atoms with Gasteiger partial charge in [-0.15, -0.1) is 0 Å². The van der Waals surface area contributed by atoms with Crippen molar-refractivity contribution in [2.75, 3.05) is 36.5 Å². The van der Waals surface area contributed by atoms with Crippen molar-refractivity contribution in [2.45, 2.75) is 6.92 Å². The lowest BCUT2D eigenvalue weighted by atomic mass is 10.3. The van der Waals surface area contributed by atoms with Crippen LogP contribution >= 0.6 is 0 Å². The molecule has 1 fully saturated rings. The van der Waals surface area contributed by atoms with Gasteiger partial charge in [0.15, 0.2) is 17.3 Å². The Morgan fingerprint density at radius 1 is 1.14 bits per heavy atom. The first-order chi connectivity index (χ1) is 14.0. The summed E-state index contributed by atoms with van der Waals surface area (Å²) in [6, 6.07) is 8.57. The number of aromatic nitrogens is 3. The summed E-state index contributed by atoms with van der Waals surface area (Å²) >= 11 is 0. The van der Waals surface area contributed by atoms with Crippen LogP contribution in [-0.4, -0.2) is 47.0 Å². The van der Waals surface area contributed by atoms with Gasteiger partial charge in [-0.25, -0.2) is 18.4 Å². The molecular weight excluding hydrogens is 380 g/mol. The van der Waals surface area contributed by atoms with Crippen molar-refractivity contribution in [3.05, 3.63) is 65.6 Å². The number of aryl methyl sites for hydroxylation is 1. The van der Waals surface area contributed by atoms with E-state index in [1.54, 1.807) is 19.2 Å². The van der Waals surface area contributed by atoms with E-state index in [0.29, 0.717) is 24.7 Å². The highest BCUT2D eigenvalue weighted by atomic mass is 19.1. The lowest BCUT2D eigenvalue weighted by Gasteiger charge is -2.28. The molecule has 9 heteroatoms. The van der Waals surface area contributed by atoms with Gasteiger partial charge < -0.3 is 15.0 Å². The number of amides is 1. The van der Waals surface area contributed by atoms with Gasteiger partial charge in [-0.1, -0.05) is 6.07 Å². The van der Waals surface area contributed by atoms with Crippen LogP contribution in [0.2, 0.25) is 0 Å². The Labute approximate surface area is 165 Å². The van der Waals surface area contributed by atoms with Gasteiger partial charge in [-0.3, -0.25) is 4.79 Å². The second-order valence-corrected chi connectivity index (χ2v) is 6.61. The van der Waals surface area contributed by atoms with Gasteiger partial charge in [-0.2, -0.15) is 5.10 Å². The Morgan fingerprint density at radius 2 is 1.86 bits per heavy atom. The fourth-order valence-corrected chi connectivity index (χ4v) is 3.15. The van der Waals surface area contributed by atoms with Gasteiger partial charge in [0.05, 0.1) is 25.1 Å². The number of halogens is 2. The maximum absolute atomic E-state index is 14.0. The quantitative estimate of drug-likeness (QED) is 0.730. The largest absolute Gasteiger partial charge is 0.378 e. The molecule has 1 aliphatic heterocycles. The van der Waals surface area contributed by atoms with Gasteiger partial charge >= 0.3 is 0 Å². The van der Waals surface area contributed by atoms with Crippen LogP contribution in [0, 0.1) is 18.6 Å². The predicted octanol–water partition coefficient (Wildman–Crippen LogP) is 2.94. The number of carbonyl (C=O) groups excluding carboxylic acids is 1. The van der Waals surface area contributed by atoms with Crippen LogP contribution in [0.4, 0.5) is 20.3 Å². The average molecular weight is 399 g/mol. The molecular formula is C20H19F2N5O2. The van der Waals surface area contributed by atoms with Crippen molar-refractivity contribution in [3.8, 4) is 5.69 Å². The number of nitrogens with zero attached hydrogens (tertiary/aromatic N) is 4. The third-order valence-electron chi connectivity index (χ3n) is 4.64. The van der Waals surface area contributed by atoms with E-state index in [9.17, 15) is 13.6 Å². The second kappa shape index (κ2) is 7.96. The number of carbonyl (C=O) groups is 1. The van der Waals surface area contributed by atoms with Gasteiger partial charge in [0, 0.05) is 18.8 Å². The van der Waals surface area contributed by atoms with Crippen molar-refractivity contribution >= 4 is 17.4 Å². The summed E-state index contributed by atoms with van der Waals surface area (Å²) in [4.78, 5) is 18.9. The molecule has 0 aliphatic carbocycles. The lowest BCUT2D eigenvalue weighted by Crippen LogP contribution is -2.36. The summed E-state index contributed by atoms with van der Waals surface area (Å²) < 4.78 is 34.5. The Balaban J connectivity index is 1.50. The van der Waals surface area contributed by atoms with Crippen LogP contribution in [0.25, 0.3) is 5.69 Å². The topological polar surface area (TPSA) is 72.3 Å². The van der Waals surface area contributed by atoms with Crippen LogP contribution in [0.15, 0.2) is 42.6 Å². The summed E-state index contributed by atoms with van der Waals surface area (Å²) in [5.74, 6) is -1.68. The smallest absolute Gasteiger partial charge is 0.277 e. The standard InChI is InChI=1S/C20H19F2N5O2/c1-13-11-17(25-27(13)19-15(21)3-2-4-16(19)22)20(28)24-18-6-5-14(12-23-18)26-7-9-29-10-8-26/h2-6,11-12H,7-10H2,1H3,(H,23,24,28). The highest BCUT2D eigenvalue weighted by Gasteiger charge is 2.19. The van der Waals surface area contributed by atoms with Gasteiger partial charge in [0.25, 0.3) is 5.91 Å². The molecule has 150 valence electrons. The SMILES string of the molecule is Cc1cc(C(=O)Nc2ccc(N3CCOCC3)cn2)nn1-c1c(F)cccc1F. The van der Waals surface area contributed by atoms with Crippen LogP contribution in [0.5, 0.6) is 0 Å². The third-order valence-corrected chi connectivity index (χ3v) is 4.64. The number of para-hydroxylation sites is 1. The van der Waals surface area contributed by atoms with Crippen molar-refractivity contribution in [1.29, 1.82) is 0 Å². The Bertz CT molecular complexity index is 1010. The van der Waals surface area contributed by atoms with Crippen LogP contribution in [-0.2, 0) is 4.74 Å². The Morgan fingerprint density at radius 3 is 2.52 bits per heavy atom. The molecule has 0 saturated carbocycles. The summed E-state index contributed by atoms with van der Waals surface area (Å²) in [5, 5.41) is 6.72. The molecule has 4 rings (SSSR count). The molecule has 2 aromatic heterocycles. The first kappa shape index (κ1) is 19.0. The van der Waals surface area contributed by atoms with E-state index < -0.39 is 17.5 Å². The molecule has 29 heavy (non-hydrogen) atoms. The summed E-state index contributed by atoms with van der Waals surface area (Å²) in [7, 11) is 0. The maximum atomic E-state index is 14.0. The second-order valence-electron chi connectivity index (χ2n) is 6.61. The zero-order valence-corrected chi connectivity index (χ0v) is 15.7. The van der Waals surface area contributed by atoms with Crippen LogP contribution in [0.3, 0.4) is 0 Å². The molecule has 0 radical (unpaired) electrons. The fraction of sp³-hybridized carbons (Fsp3) is 0.250. The van der Waals surface area contributed by atoms with Crippen molar-refractivity contribution < 1.29 is 18.3 Å². The summed E-state index contributed by atoms with van der Waals surface area (Å²) in [6.07, 6.45) is 1.68. The lowest BCUT2D eigenvalue weighted by molar-refractivity contribution is 0.102. The fourth-order valence-electron chi connectivity index (χ4n) is 3.15. The highest BCUT2D eigenvalue weighted by Crippen LogP contribution is 2.20. The summed E-state index contributed by atoms with van der Waals surface area (Å²) in [5.41, 5.74) is 1.08. The van der Waals surface area contributed by atoms with Crippen molar-refractivity contribution in [2.24, 2.45) is 0 Å². The predicted molar refractivity (Wildman–Crippen MR) is 103 cm³/mol. The molecule has 1 N–H and O–H groups in total. The van der Waals surface area contributed by atoms with E-state index in [2.05, 4.69) is 20.3 Å². The van der Waals surface area contributed by atoms with Gasteiger partial charge in [-0.05, 0) is 37.3 Å². The first-order valence-electron chi connectivity index (χ1n) is 9.14. The van der Waals surface area contributed by atoms with E-state index in [-0.39, 0.29) is 11.4 Å². The normalized spacial score (nSPS) is 14.1. The van der Waals surface area contributed by atoms with E-state index in [4.69, 9.17) is 4.74 Å². The van der Waals surface area contributed by atoms with E-state index in [1.807, 2.05) is 6.07 Å². The molecule has 1 aliphatic rings. The molecule has 1 saturated heterocycles. The minimum atomic E-state index is -0.761. The number of rotatable bonds is 4. The van der Waals surface area contributed by atoms with E-state index >= 15 is 0 Å². The first-order valence-corrected chi connectivity index (χ1v) is 9.14. The zero-order chi connectivity index (χ0) is 20.4. The number of anilines is 2. The van der Waals surface area contributed by atoms with E-state index in [0.717, 1.165) is 35.6 Å². The number of hydrogen-bond acceptors (Lipinski definition) is 5. The van der Waals surface area contributed by atoms with Crippen LogP contribution in [0.1, 0.15) is 16.2 Å². The number of hydrogen-bond donors (Lipinski definition) is 1. The molecule has 1 amide bonds. The van der Waals surface area contributed by atoms with Crippen molar-refractivity contribution in [1.82, 2.24) is 14.8 Å². The molecule has 0 unspecified atom stereocenters. The molecule has 3 aromatic rings. The highest BCUT2D eigenvalue weighted by molar-refractivity contribution is 6.02. The van der Waals surface area contributed by atoms with Gasteiger partial charge in [0.1, 0.15) is 11.5 Å². The number of morpholine rings is 1. The molecule has 0 atom stereocenters. The average Bonchev–Trinajstić information content (AvgIpc) is 3.11. The minimum Gasteiger partial charge on any atom is -0.378 e. The monoisotopic (exact) mass is 399 g/mol. The van der Waals surface area contributed by atoms with E-state index in [1.165, 1.54) is 12.1 Å². The Kier molecular flexibility index (Phi) is 5.22. The maximum Gasteiger partial charge on any atom is 0.277 e. The number of ether oxygens (including phenoxy) is 1. The van der Waals surface area contributed by atoms with Gasteiger partial charge in [0.2, 0.25) is 0 Å². The third kappa shape index (κ3) is 3.95. The number of benzene rings is 1. The number of nitrogens with one attached hydrogen (secondary N) is 1. The van der Waals surface area contributed by atoms with Crippen molar-refractivity contribution in [3.63, 3.8) is 0 Å². The zero-order valence-electron chi connectivity index (χ0n) is 15.7. The minimum absolute atomic E-state index is 0.0317. The van der Waals surface area contributed by atoms with Crippen LogP contribution < -0.4 is 10.2 Å². The summed E-state index contributed by atoms with van der Waals surface area (Å²) in [6.45, 7) is 4.53. The molecule has 0 spiro atoms. The molecule has 3 heterocycles. The molecule has 1 aromatic carbocycles. The Hall–Kier alpha value is -3.33. The molecule has 7 nitrogen and oxygen atoms in total. The molecule has 0 bridgehead atoms.